The SMILES string of the molecule is CCNC(N)=NCc1cc(Cl)ccc1OC(F)F.I. The first kappa shape index (κ1) is 18.2. The van der Waals surface area contributed by atoms with Gasteiger partial charge in [0.25, 0.3) is 0 Å². The van der Waals surface area contributed by atoms with Crippen molar-refractivity contribution in [3.8, 4) is 5.75 Å². The summed E-state index contributed by atoms with van der Waals surface area (Å²) < 4.78 is 28.8. The fraction of sp³-hybridized carbons (Fsp3) is 0.364. The van der Waals surface area contributed by atoms with E-state index in [0.717, 1.165) is 0 Å². The molecule has 0 aliphatic heterocycles. The van der Waals surface area contributed by atoms with Gasteiger partial charge in [0, 0.05) is 17.1 Å². The molecule has 0 aromatic heterocycles. The molecule has 0 radical (unpaired) electrons. The monoisotopic (exact) mass is 405 g/mol. The minimum absolute atomic E-state index is 0. The summed E-state index contributed by atoms with van der Waals surface area (Å²) in [5.74, 6) is 0.280. The summed E-state index contributed by atoms with van der Waals surface area (Å²) in [5.41, 5.74) is 5.99. The van der Waals surface area contributed by atoms with Gasteiger partial charge in [0.1, 0.15) is 5.75 Å². The molecule has 0 spiro atoms. The molecule has 1 rings (SSSR count). The second-order valence-electron chi connectivity index (χ2n) is 3.36. The quantitative estimate of drug-likeness (QED) is 0.450. The Morgan fingerprint density at radius 3 is 2.79 bits per heavy atom. The number of rotatable bonds is 5. The van der Waals surface area contributed by atoms with Crippen LogP contribution in [-0.2, 0) is 6.54 Å². The van der Waals surface area contributed by atoms with Gasteiger partial charge in [0.05, 0.1) is 6.54 Å². The summed E-state index contributed by atoms with van der Waals surface area (Å²) in [6, 6.07) is 4.37. The molecule has 4 nitrogen and oxygen atoms in total. The molecule has 8 heteroatoms. The molecule has 19 heavy (non-hydrogen) atoms. The molecule has 108 valence electrons. The number of alkyl halides is 2. The molecule has 0 amide bonds. The van der Waals surface area contributed by atoms with Crippen LogP contribution in [0.3, 0.4) is 0 Å². The molecule has 0 bridgehead atoms. The highest BCUT2D eigenvalue weighted by atomic mass is 127. The average Bonchev–Trinajstić information content (AvgIpc) is 2.29. The fourth-order valence-corrected chi connectivity index (χ4v) is 1.48. The summed E-state index contributed by atoms with van der Waals surface area (Å²) in [6.45, 7) is -0.278. The van der Waals surface area contributed by atoms with E-state index in [9.17, 15) is 8.78 Å². The standard InChI is InChI=1S/C11H14ClF2N3O.HI/c1-2-16-11(15)17-6-7-5-8(12)3-4-9(7)18-10(13)14;/h3-5,10H,2,6H2,1H3,(H3,15,16,17);1H. The van der Waals surface area contributed by atoms with Gasteiger partial charge in [0.2, 0.25) is 0 Å². The summed E-state index contributed by atoms with van der Waals surface area (Å²) in [7, 11) is 0. The topological polar surface area (TPSA) is 59.6 Å². The van der Waals surface area contributed by atoms with Gasteiger partial charge in [0.15, 0.2) is 5.96 Å². The number of benzene rings is 1. The van der Waals surface area contributed by atoms with Crippen molar-refractivity contribution in [3.05, 3.63) is 28.8 Å². The normalized spacial score (nSPS) is 11.1. The third-order valence-corrected chi connectivity index (χ3v) is 2.25. The van der Waals surface area contributed by atoms with Crippen LogP contribution in [0.4, 0.5) is 8.78 Å². The van der Waals surface area contributed by atoms with E-state index in [1.165, 1.54) is 18.2 Å². The lowest BCUT2D eigenvalue weighted by Crippen LogP contribution is -2.31. The molecule has 0 fully saturated rings. The van der Waals surface area contributed by atoms with E-state index in [1.807, 2.05) is 6.92 Å². The van der Waals surface area contributed by atoms with E-state index in [0.29, 0.717) is 17.1 Å². The Kier molecular flexibility index (Phi) is 8.73. The third kappa shape index (κ3) is 6.76. The number of nitrogens with two attached hydrogens (primary N) is 1. The van der Waals surface area contributed by atoms with Crippen molar-refractivity contribution in [1.82, 2.24) is 5.32 Å². The Labute approximate surface area is 132 Å². The van der Waals surface area contributed by atoms with Gasteiger partial charge >= 0.3 is 6.61 Å². The number of hydrogen-bond donors (Lipinski definition) is 2. The fourth-order valence-electron chi connectivity index (χ4n) is 1.29. The van der Waals surface area contributed by atoms with Gasteiger partial charge in [-0.25, -0.2) is 4.99 Å². The lowest BCUT2D eigenvalue weighted by Gasteiger charge is -2.10. The first-order valence-electron chi connectivity index (χ1n) is 5.30. The largest absolute Gasteiger partial charge is 0.434 e. The van der Waals surface area contributed by atoms with Crippen LogP contribution >= 0.6 is 35.6 Å². The Morgan fingerprint density at radius 1 is 1.53 bits per heavy atom. The van der Waals surface area contributed by atoms with Gasteiger partial charge in [-0.3, -0.25) is 0 Å². The van der Waals surface area contributed by atoms with Crippen molar-refractivity contribution in [2.24, 2.45) is 10.7 Å². The number of nitrogens with zero attached hydrogens (tertiary/aromatic N) is 1. The number of guanidine groups is 1. The van der Waals surface area contributed by atoms with E-state index >= 15 is 0 Å². The van der Waals surface area contributed by atoms with Crippen LogP contribution in [0, 0.1) is 0 Å². The first-order valence-corrected chi connectivity index (χ1v) is 5.67. The van der Waals surface area contributed by atoms with Crippen LogP contribution in [0.2, 0.25) is 5.02 Å². The zero-order chi connectivity index (χ0) is 13.5. The predicted molar refractivity (Wildman–Crippen MR) is 82.5 cm³/mol. The van der Waals surface area contributed by atoms with Gasteiger partial charge in [-0.15, -0.1) is 24.0 Å². The van der Waals surface area contributed by atoms with Crippen LogP contribution in [-0.4, -0.2) is 19.1 Å². The zero-order valence-corrected chi connectivity index (χ0v) is 13.3. The highest BCUT2D eigenvalue weighted by Crippen LogP contribution is 2.25. The molecule has 3 N–H and O–H groups in total. The number of aliphatic imine (C=N–C) groups is 1. The Bertz CT molecular complexity index is 432. The van der Waals surface area contributed by atoms with E-state index in [1.54, 1.807) is 0 Å². The molecule has 1 aromatic carbocycles. The average molecular weight is 406 g/mol. The van der Waals surface area contributed by atoms with Crippen molar-refractivity contribution >= 4 is 41.5 Å². The second-order valence-corrected chi connectivity index (χ2v) is 3.80. The number of hydrogen-bond acceptors (Lipinski definition) is 2. The van der Waals surface area contributed by atoms with Crippen LogP contribution in [0.5, 0.6) is 5.75 Å². The van der Waals surface area contributed by atoms with Crippen molar-refractivity contribution in [2.75, 3.05) is 6.54 Å². The first-order chi connectivity index (χ1) is 8.52. The third-order valence-electron chi connectivity index (χ3n) is 2.02. The zero-order valence-electron chi connectivity index (χ0n) is 10.2. The molecule has 0 aliphatic carbocycles. The molecular weight excluding hydrogens is 390 g/mol. The molecule has 0 aliphatic rings. The second kappa shape index (κ2) is 9.13. The lowest BCUT2D eigenvalue weighted by atomic mass is 10.2. The molecule has 0 unspecified atom stereocenters. The summed E-state index contributed by atoms with van der Waals surface area (Å²) in [6.07, 6.45) is 0. The molecular formula is C11H15ClF2IN3O. The van der Waals surface area contributed by atoms with Gasteiger partial charge < -0.3 is 15.8 Å². The van der Waals surface area contributed by atoms with E-state index < -0.39 is 6.61 Å². The maximum absolute atomic E-state index is 12.2. The predicted octanol–water partition coefficient (Wildman–Crippen LogP) is 2.98. The highest BCUT2D eigenvalue weighted by Gasteiger charge is 2.10. The van der Waals surface area contributed by atoms with Crippen LogP contribution in [0.15, 0.2) is 23.2 Å². The molecule has 0 saturated carbocycles. The van der Waals surface area contributed by atoms with Gasteiger partial charge in [-0.1, -0.05) is 11.6 Å². The van der Waals surface area contributed by atoms with E-state index in [4.69, 9.17) is 17.3 Å². The highest BCUT2D eigenvalue weighted by molar-refractivity contribution is 14.0. The van der Waals surface area contributed by atoms with Crippen molar-refractivity contribution in [2.45, 2.75) is 20.1 Å². The summed E-state index contributed by atoms with van der Waals surface area (Å²) >= 11 is 5.79. The molecule has 0 atom stereocenters. The van der Waals surface area contributed by atoms with Crippen LogP contribution < -0.4 is 15.8 Å². The maximum atomic E-state index is 12.2. The molecule has 0 saturated heterocycles. The van der Waals surface area contributed by atoms with Gasteiger partial charge in [-0.2, -0.15) is 8.78 Å². The van der Waals surface area contributed by atoms with Crippen molar-refractivity contribution < 1.29 is 13.5 Å². The Hall–Kier alpha value is -0.830. The van der Waals surface area contributed by atoms with Crippen LogP contribution in [0.25, 0.3) is 0 Å². The molecule has 1 aromatic rings. The maximum Gasteiger partial charge on any atom is 0.387 e. The van der Waals surface area contributed by atoms with Crippen LogP contribution in [0.1, 0.15) is 12.5 Å². The Balaban J connectivity index is 0.00000324. The number of nitrogens with one attached hydrogen (secondary N) is 1. The van der Waals surface area contributed by atoms with Crippen molar-refractivity contribution in [1.29, 1.82) is 0 Å². The number of ether oxygens (including phenoxy) is 1. The van der Waals surface area contributed by atoms with Crippen molar-refractivity contribution in [3.63, 3.8) is 0 Å². The minimum atomic E-state index is -2.89. The minimum Gasteiger partial charge on any atom is -0.434 e. The van der Waals surface area contributed by atoms with Gasteiger partial charge in [-0.05, 0) is 25.1 Å². The smallest absolute Gasteiger partial charge is 0.387 e. The van der Waals surface area contributed by atoms with E-state index in [-0.39, 0.29) is 42.2 Å². The number of halogens is 4. The summed E-state index contributed by atoms with van der Waals surface area (Å²) in [4.78, 5) is 3.99. The van der Waals surface area contributed by atoms with E-state index in [2.05, 4.69) is 15.0 Å². The lowest BCUT2D eigenvalue weighted by molar-refractivity contribution is -0.0504. The Morgan fingerprint density at radius 2 is 2.21 bits per heavy atom. The molecule has 0 heterocycles. The summed E-state index contributed by atoms with van der Waals surface area (Å²) in [5, 5.41) is 3.22.